The molecule has 0 aliphatic heterocycles. The summed E-state index contributed by atoms with van der Waals surface area (Å²) >= 11 is 0. The number of nitrogens with zero attached hydrogens (tertiary/aromatic N) is 3. The minimum Gasteiger partial charge on any atom is -0.261 e. The van der Waals surface area contributed by atoms with Crippen molar-refractivity contribution in [2.75, 3.05) is 0 Å². The summed E-state index contributed by atoms with van der Waals surface area (Å²) in [6.07, 6.45) is 7.33. The van der Waals surface area contributed by atoms with Gasteiger partial charge in [0.15, 0.2) is 6.20 Å². The van der Waals surface area contributed by atoms with Crippen molar-refractivity contribution in [2.24, 2.45) is 7.05 Å². The van der Waals surface area contributed by atoms with Gasteiger partial charge in [-0.3, -0.25) is 9.97 Å². The molecule has 0 radical (unpaired) electrons. The molecular formula is C21H18N3+. The van der Waals surface area contributed by atoms with Gasteiger partial charge in [0.25, 0.3) is 0 Å². The van der Waals surface area contributed by atoms with E-state index in [1.54, 1.807) is 18.6 Å². The van der Waals surface area contributed by atoms with Crippen molar-refractivity contribution >= 4 is 10.8 Å². The molecule has 0 aliphatic carbocycles. The van der Waals surface area contributed by atoms with Crippen molar-refractivity contribution < 1.29 is 4.57 Å². The average molecular weight is 312 g/mol. The van der Waals surface area contributed by atoms with E-state index in [1.165, 1.54) is 27.6 Å². The Kier molecular flexibility index (Phi) is 3.54. The van der Waals surface area contributed by atoms with Gasteiger partial charge in [-0.2, -0.15) is 0 Å². The zero-order valence-corrected chi connectivity index (χ0v) is 13.8. The lowest BCUT2D eigenvalue weighted by molar-refractivity contribution is -0.659. The highest BCUT2D eigenvalue weighted by Gasteiger charge is 2.17. The second-order valence-corrected chi connectivity index (χ2v) is 5.98. The number of pyridine rings is 1. The van der Waals surface area contributed by atoms with Crippen molar-refractivity contribution in [1.29, 1.82) is 0 Å². The zero-order valence-electron chi connectivity index (χ0n) is 13.8. The maximum absolute atomic E-state index is 4.40. The van der Waals surface area contributed by atoms with Gasteiger partial charge in [-0.05, 0) is 36.1 Å². The molecule has 0 spiro atoms. The summed E-state index contributed by atoms with van der Waals surface area (Å²) in [5.41, 5.74) is 5.75. The van der Waals surface area contributed by atoms with E-state index in [1.807, 2.05) is 0 Å². The van der Waals surface area contributed by atoms with Crippen LogP contribution in [0.4, 0.5) is 0 Å². The first-order chi connectivity index (χ1) is 11.7. The summed E-state index contributed by atoms with van der Waals surface area (Å²) < 4.78 is 2.19. The van der Waals surface area contributed by atoms with Gasteiger partial charge in [-0.25, -0.2) is 4.57 Å². The molecule has 24 heavy (non-hydrogen) atoms. The van der Waals surface area contributed by atoms with Gasteiger partial charge < -0.3 is 0 Å². The summed E-state index contributed by atoms with van der Waals surface area (Å²) in [5.74, 6) is 0. The van der Waals surface area contributed by atoms with Gasteiger partial charge >= 0.3 is 0 Å². The number of aryl methyl sites for hydroxylation is 2. The van der Waals surface area contributed by atoms with E-state index in [0.717, 1.165) is 11.3 Å². The van der Waals surface area contributed by atoms with Crippen LogP contribution in [0.3, 0.4) is 0 Å². The van der Waals surface area contributed by atoms with Gasteiger partial charge in [0, 0.05) is 29.6 Å². The molecule has 3 nitrogen and oxygen atoms in total. The molecule has 2 aromatic carbocycles. The molecule has 0 saturated carbocycles. The Labute approximate surface area is 141 Å². The fourth-order valence-corrected chi connectivity index (χ4v) is 3.15. The van der Waals surface area contributed by atoms with E-state index in [2.05, 4.69) is 83.2 Å². The predicted octanol–water partition coefficient (Wildman–Crippen LogP) is 4.10. The fraction of sp³-hybridized carbons (Fsp3) is 0.0952. The van der Waals surface area contributed by atoms with Gasteiger partial charge in [-0.1, -0.05) is 24.3 Å². The Morgan fingerprint density at radius 2 is 1.83 bits per heavy atom. The van der Waals surface area contributed by atoms with Gasteiger partial charge in [0.1, 0.15) is 7.05 Å². The number of hydrogen-bond acceptors (Lipinski definition) is 2. The van der Waals surface area contributed by atoms with E-state index in [-0.39, 0.29) is 0 Å². The summed E-state index contributed by atoms with van der Waals surface area (Å²) in [7, 11) is 2.10. The third-order valence-corrected chi connectivity index (χ3v) is 4.40. The van der Waals surface area contributed by atoms with Crippen LogP contribution in [0.15, 0.2) is 73.3 Å². The third kappa shape index (κ3) is 2.44. The van der Waals surface area contributed by atoms with Crippen LogP contribution in [0.25, 0.3) is 33.3 Å². The van der Waals surface area contributed by atoms with Crippen LogP contribution in [-0.4, -0.2) is 9.97 Å². The van der Waals surface area contributed by atoms with Crippen LogP contribution in [0.1, 0.15) is 5.56 Å². The van der Waals surface area contributed by atoms with Crippen molar-refractivity contribution in [3.8, 4) is 22.5 Å². The van der Waals surface area contributed by atoms with Gasteiger partial charge in [-0.15, -0.1) is 0 Å². The Hall–Kier alpha value is -3.07. The number of fused-ring (bicyclic) bond motifs is 1. The standard InChI is InChI=1S/C21H18N3/c1-15-5-3-4-6-18(15)21-19-8-7-17(20-14-22-10-11-23-20)13-16(19)9-12-24(21)2/h3-14H,1-2H3/q+1. The zero-order chi connectivity index (χ0) is 16.5. The molecule has 4 aromatic rings. The Bertz CT molecular complexity index is 1020. The molecule has 0 atom stereocenters. The van der Waals surface area contributed by atoms with Crippen molar-refractivity contribution in [1.82, 2.24) is 9.97 Å². The predicted molar refractivity (Wildman–Crippen MR) is 96.3 cm³/mol. The highest BCUT2D eigenvalue weighted by atomic mass is 14.9. The second kappa shape index (κ2) is 5.85. The van der Waals surface area contributed by atoms with Crippen molar-refractivity contribution in [2.45, 2.75) is 6.92 Å². The van der Waals surface area contributed by atoms with Crippen molar-refractivity contribution in [3.05, 3.63) is 78.9 Å². The molecule has 2 heterocycles. The normalized spacial score (nSPS) is 10.9. The Morgan fingerprint density at radius 1 is 0.958 bits per heavy atom. The van der Waals surface area contributed by atoms with Crippen LogP contribution in [-0.2, 0) is 7.05 Å². The number of benzene rings is 2. The molecule has 116 valence electrons. The number of aromatic nitrogens is 3. The molecule has 2 aromatic heterocycles. The van der Waals surface area contributed by atoms with Gasteiger partial charge in [0.05, 0.1) is 17.3 Å². The lowest BCUT2D eigenvalue weighted by Gasteiger charge is -2.09. The molecule has 0 N–H and O–H groups in total. The Balaban J connectivity index is 1.96. The Morgan fingerprint density at radius 3 is 2.62 bits per heavy atom. The average Bonchev–Trinajstić information content (AvgIpc) is 2.63. The smallest absolute Gasteiger partial charge is 0.220 e. The summed E-state index contributed by atoms with van der Waals surface area (Å²) in [5, 5.41) is 2.44. The molecule has 0 fully saturated rings. The molecule has 0 unspecified atom stereocenters. The van der Waals surface area contributed by atoms with E-state index < -0.39 is 0 Å². The molecular weight excluding hydrogens is 294 g/mol. The first kappa shape index (κ1) is 14.5. The monoisotopic (exact) mass is 312 g/mol. The van der Waals surface area contributed by atoms with Crippen LogP contribution in [0.2, 0.25) is 0 Å². The minimum atomic E-state index is 0.894. The maximum Gasteiger partial charge on any atom is 0.220 e. The topological polar surface area (TPSA) is 29.7 Å². The minimum absolute atomic E-state index is 0.894. The van der Waals surface area contributed by atoms with E-state index in [0.29, 0.717) is 0 Å². The summed E-state index contributed by atoms with van der Waals surface area (Å²) in [6.45, 7) is 2.15. The number of rotatable bonds is 2. The largest absolute Gasteiger partial charge is 0.261 e. The fourth-order valence-electron chi connectivity index (χ4n) is 3.15. The summed E-state index contributed by atoms with van der Waals surface area (Å²) in [6, 6.07) is 17.1. The van der Waals surface area contributed by atoms with E-state index in [4.69, 9.17) is 0 Å². The van der Waals surface area contributed by atoms with Crippen LogP contribution >= 0.6 is 0 Å². The first-order valence-corrected chi connectivity index (χ1v) is 7.99. The van der Waals surface area contributed by atoms with E-state index in [9.17, 15) is 0 Å². The molecule has 4 rings (SSSR count). The lowest BCUT2D eigenvalue weighted by Crippen LogP contribution is -2.30. The second-order valence-electron chi connectivity index (χ2n) is 5.98. The van der Waals surface area contributed by atoms with Crippen LogP contribution in [0, 0.1) is 6.92 Å². The first-order valence-electron chi connectivity index (χ1n) is 7.99. The van der Waals surface area contributed by atoms with Crippen LogP contribution < -0.4 is 4.57 Å². The highest BCUT2D eigenvalue weighted by Crippen LogP contribution is 2.30. The third-order valence-electron chi connectivity index (χ3n) is 4.40. The number of hydrogen-bond donors (Lipinski definition) is 0. The SMILES string of the molecule is Cc1ccccc1-c1c2ccc(-c3cnccn3)cc2cc[n+]1C. The molecule has 3 heteroatoms. The highest BCUT2D eigenvalue weighted by molar-refractivity contribution is 5.95. The molecule has 0 amide bonds. The maximum atomic E-state index is 4.40. The van der Waals surface area contributed by atoms with Crippen molar-refractivity contribution in [3.63, 3.8) is 0 Å². The van der Waals surface area contributed by atoms with E-state index >= 15 is 0 Å². The molecule has 0 saturated heterocycles. The molecule has 0 aliphatic rings. The lowest BCUT2D eigenvalue weighted by atomic mass is 9.98. The van der Waals surface area contributed by atoms with Crippen LogP contribution in [0.5, 0.6) is 0 Å². The quantitative estimate of drug-likeness (QED) is 0.522. The summed E-state index contributed by atoms with van der Waals surface area (Å²) in [4.78, 5) is 8.57. The van der Waals surface area contributed by atoms with Gasteiger partial charge in [0.2, 0.25) is 5.69 Å². The molecule has 0 bridgehead atoms.